The summed E-state index contributed by atoms with van der Waals surface area (Å²) in [5.41, 5.74) is 0. The number of halogens is 1. The van der Waals surface area contributed by atoms with Crippen LogP contribution in [0.5, 0.6) is 0 Å². The Balaban J connectivity index is 0. The number of guanidine groups is 1. The van der Waals surface area contributed by atoms with Gasteiger partial charge in [0.05, 0.1) is 12.4 Å². The molecule has 0 fully saturated rings. The first-order chi connectivity index (χ1) is 10.3. The van der Waals surface area contributed by atoms with Crippen molar-refractivity contribution in [2.45, 2.75) is 25.8 Å². The predicted octanol–water partition coefficient (Wildman–Crippen LogP) is 0.561. The van der Waals surface area contributed by atoms with Gasteiger partial charge in [-0.1, -0.05) is 0 Å². The van der Waals surface area contributed by atoms with Crippen molar-refractivity contribution < 1.29 is 13.2 Å². The molecular formula is C14H33IN4O3S. The minimum Gasteiger partial charge on any atom is -0.383 e. The molecule has 23 heavy (non-hydrogen) atoms. The van der Waals surface area contributed by atoms with Gasteiger partial charge in [0.2, 0.25) is 0 Å². The Hall–Kier alpha value is -0.130. The Labute approximate surface area is 158 Å². The lowest BCUT2D eigenvalue weighted by Gasteiger charge is -2.19. The Morgan fingerprint density at radius 1 is 1.35 bits per heavy atom. The van der Waals surface area contributed by atoms with Crippen LogP contribution < -0.4 is 10.6 Å². The average Bonchev–Trinajstić information content (AvgIpc) is 2.45. The summed E-state index contributed by atoms with van der Waals surface area (Å²) in [5, 5.41) is 6.44. The summed E-state index contributed by atoms with van der Waals surface area (Å²) in [6, 6.07) is 0.0605. The van der Waals surface area contributed by atoms with Gasteiger partial charge in [0.1, 0.15) is 9.84 Å². The Kier molecular flexibility index (Phi) is 15.5. The molecule has 0 aromatic carbocycles. The molecule has 0 aliphatic rings. The van der Waals surface area contributed by atoms with E-state index in [1.807, 2.05) is 6.92 Å². The van der Waals surface area contributed by atoms with E-state index in [1.165, 1.54) is 6.26 Å². The molecule has 0 saturated carbocycles. The van der Waals surface area contributed by atoms with Crippen LogP contribution in [0.3, 0.4) is 0 Å². The zero-order valence-corrected chi connectivity index (χ0v) is 18.1. The molecule has 0 heterocycles. The second kappa shape index (κ2) is 14.2. The summed E-state index contributed by atoms with van der Waals surface area (Å²) in [6.07, 6.45) is 2.82. The monoisotopic (exact) mass is 464 g/mol. The molecule has 0 saturated heterocycles. The lowest BCUT2D eigenvalue weighted by Crippen LogP contribution is -2.43. The van der Waals surface area contributed by atoms with Gasteiger partial charge in [0.25, 0.3) is 0 Å². The molecular weight excluding hydrogens is 431 g/mol. The van der Waals surface area contributed by atoms with E-state index in [9.17, 15) is 8.42 Å². The maximum absolute atomic E-state index is 11.2. The number of methoxy groups -OCH3 is 1. The standard InChI is InChI=1S/C14H32N4O3S.HI/c1-13(7-12-22(5,19)20)17-14(15-2)16-8-6-9-18(3)10-11-21-4;/h13H,6-12H2,1-5H3,(H2,15,16,17);1H. The lowest BCUT2D eigenvalue weighted by molar-refractivity contribution is 0.161. The molecule has 2 N–H and O–H groups in total. The van der Waals surface area contributed by atoms with E-state index in [4.69, 9.17) is 4.74 Å². The first-order valence-electron chi connectivity index (χ1n) is 7.61. The number of nitrogens with one attached hydrogen (secondary N) is 2. The van der Waals surface area contributed by atoms with Crippen molar-refractivity contribution in [1.82, 2.24) is 15.5 Å². The molecule has 0 aliphatic carbocycles. The molecule has 0 rings (SSSR count). The molecule has 0 radical (unpaired) electrons. The fourth-order valence-electron chi connectivity index (χ4n) is 1.81. The number of sulfone groups is 1. The van der Waals surface area contributed by atoms with E-state index in [0.29, 0.717) is 12.4 Å². The summed E-state index contributed by atoms with van der Waals surface area (Å²) in [7, 11) is 2.57. The average molecular weight is 464 g/mol. The second-order valence-corrected chi connectivity index (χ2v) is 7.87. The van der Waals surface area contributed by atoms with Crippen molar-refractivity contribution in [2.75, 3.05) is 59.5 Å². The third kappa shape index (κ3) is 16.5. The largest absolute Gasteiger partial charge is 0.383 e. The molecule has 0 spiro atoms. The molecule has 0 aromatic heterocycles. The van der Waals surface area contributed by atoms with Gasteiger partial charge < -0.3 is 20.3 Å². The van der Waals surface area contributed by atoms with Crippen LogP contribution in [0.15, 0.2) is 4.99 Å². The zero-order chi connectivity index (χ0) is 17.0. The molecule has 0 amide bonds. The molecule has 0 bridgehead atoms. The van der Waals surface area contributed by atoms with Crippen LogP contribution in [-0.2, 0) is 14.6 Å². The van der Waals surface area contributed by atoms with Gasteiger partial charge in [-0.3, -0.25) is 4.99 Å². The number of likely N-dealkylation sites (N-methyl/N-ethyl adjacent to an activating group) is 1. The predicted molar refractivity (Wildman–Crippen MR) is 108 cm³/mol. The quantitative estimate of drug-likeness (QED) is 0.201. The van der Waals surface area contributed by atoms with Crippen molar-refractivity contribution in [3.8, 4) is 0 Å². The second-order valence-electron chi connectivity index (χ2n) is 5.61. The first kappa shape index (κ1) is 25.1. The number of hydrogen-bond acceptors (Lipinski definition) is 5. The number of ether oxygens (including phenoxy) is 1. The van der Waals surface area contributed by atoms with E-state index < -0.39 is 9.84 Å². The van der Waals surface area contributed by atoms with Crippen LogP contribution in [0.25, 0.3) is 0 Å². The molecule has 7 nitrogen and oxygen atoms in total. The van der Waals surface area contributed by atoms with Gasteiger partial charge in [-0.2, -0.15) is 0 Å². The van der Waals surface area contributed by atoms with Gasteiger partial charge in [-0.25, -0.2) is 8.42 Å². The third-order valence-electron chi connectivity index (χ3n) is 3.21. The normalized spacial score (nSPS) is 13.6. The fraction of sp³-hybridized carbons (Fsp3) is 0.929. The highest BCUT2D eigenvalue weighted by Crippen LogP contribution is 1.95. The highest BCUT2D eigenvalue weighted by molar-refractivity contribution is 14.0. The Bertz CT molecular complexity index is 418. The van der Waals surface area contributed by atoms with E-state index in [-0.39, 0.29) is 35.8 Å². The maximum atomic E-state index is 11.2. The van der Waals surface area contributed by atoms with Crippen LogP contribution in [-0.4, -0.2) is 84.8 Å². The van der Waals surface area contributed by atoms with E-state index in [0.717, 1.165) is 32.7 Å². The summed E-state index contributed by atoms with van der Waals surface area (Å²) < 4.78 is 27.3. The maximum Gasteiger partial charge on any atom is 0.191 e. The van der Waals surface area contributed by atoms with Gasteiger partial charge in [0, 0.05) is 39.5 Å². The molecule has 1 unspecified atom stereocenters. The van der Waals surface area contributed by atoms with Gasteiger partial charge in [-0.05, 0) is 33.4 Å². The van der Waals surface area contributed by atoms with Crippen LogP contribution in [0.4, 0.5) is 0 Å². The topological polar surface area (TPSA) is 83.0 Å². The summed E-state index contributed by atoms with van der Waals surface area (Å²) >= 11 is 0. The highest BCUT2D eigenvalue weighted by Gasteiger charge is 2.09. The van der Waals surface area contributed by atoms with Crippen molar-refractivity contribution >= 4 is 39.8 Å². The van der Waals surface area contributed by atoms with E-state index >= 15 is 0 Å². The molecule has 140 valence electrons. The van der Waals surface area contributed by atoms with Crippen LogP contribution >= 0.6 is 24.0 Å². The van der Waals surface area contributed by atoms with Crippen LogP contribution in [0.1, 0.15) is 19.8 Å². The smallest absolute Gasteiger partial charge is 0.191 e. The zero-order valence-electron chi connectivity index (χ0n) is 15.0. The Morgan fingerprint density at radius 2 is 2.00 bits per heavy atom. The van der Waals surface area contributed by atoms with Crippen molar-refractivity contribution in [2.24, 2.45) is 4.99 Å². The molecule has 9 heteroatoms. The van der Waals surface area contributed by atoms with Gasteiger partial charge in [0.15, 0.2) is 5.96 Å². The minimum absolute atomic E-state index is 0. The number of hydrogen-bond donors (Lipinski definition) is 2. The molecule has 1 atom stereocenters. The SMILES string of the molecule is CN=C(NCCCN(C)CCOC)NC(C)CCS(C)(=O)=O.I. The van der Waals surface area contributed by atoms with E-state index in [2.05, 4.69) is 27.6 Å². The number of rotatable bonds is 11. The van der Waals surface area contributed by atoms with Crippen molar-refractivity contribution in [3.05, 3.63) is 0 Å². The molecule has 0 aliphatic heterocycles. The van der Waals surface area contributed by atoms with Crippen molar-refractivity contribution in [3.63, 3.8) is 0 Å². The van der Waals surface area contributed by atoms with Gasteiger partial charge >= 0.3 is 0 Å². The lowest BCUT2D eigenvalue weighted by atomic mass is 10.3. The van der Waals surface area contributed by atoms with E-state index in [1.54, 1.807) is 14.2 Å². The fourth-order valence-corrected chi connectivity index (χ4v) is 2.59. The number of nitrogens with zero attached hydrogens (tertiary/aromatic N) is 2. The summed E-state index contributed by atoms with van der Waals surface area (Å²) in [6.45, 7) is 5.42. The first-order valence-corrected chi connectivity index (χ1v) is 9.67. The minimum atomic E-state index is -2.92. The Morgan fingerprint density at radius 3 is 2.52 bits per heavy atom. The summed E-state index contributed by atoms with van der Waals surface area (Å²) in [4.78, 5) is 6.37. The van der Waals surface area contributed by atoms with Crippen LogP contribution in [0, 0.1) is 0 Å². The van der Waals surface area contributed by atoms with Crippen LogP contribution in [0.2, 0.25) is 0 Å². The summed E-state index contributed by atoms with van der Waals surface area (Å²) in [5.74, 6) is 0.892. The third-order valence-corrected chi connectivity index (χ3v) is 4.19. The van der Waals surface area contributed by atoms with Crippen molar-refractivity contribution in [1.29, 1.82) is 0 Å². The van der Waals surface area contributed by atoms with Gasteiger partial charge in [-0.15, -0.1) is 24.0 Å². The number of aliphatic imine (C=N–C) groups is 1. The highest BCUT2D eigenvalue weighted by atomic mass is 127. The molecule has 0 aromatic rings.